The maximum atomic E-state index is 12.8. The molecule has 0 aliphatic carbocycles. The molecule has 2 aromatic heterocycles. The van der Waals surface area contributed by atoms with E-state index in [1.165, 1.54) is 12.8 Å². The number of amides is 1. The molecule has 2 atom stereocenters. The molecule has 4 rings (SSSR count). The first-order valence-electron chi connectivity index (χ1n) is 8.20. The highest BCUT2D eigenvalue weighted by Crippen LogP contribution is 2.29. The molecular formula is C17H21N5O. The Morgan fingerprint density at radius 1 is 1.30 bits per heavy atom. The van der Waals surface area contributed by atoms with Crippen LogP contribution in [-0.4, -0.2) is 50.7 Å². The highest BCUT2D eigenvalue weighted by Gasteiger charge is 2.36. The maximum Gasteiger partial charge on any atom is 0.272 e. The summed E-state index contributed by atoms with van der Waals surface area (Å²) in [4.78, 5) is 19.0. The Morgan fingerprint density at radius 2 is 2.09 bits per heavy atom. The van der Waals surface area contributed by atoms with Crippen molar-refractivity contribution in [1.29, 1.82) is 0 Å². The third-order valence-electron chi connectivity index (χ3n) is 5.05. The van der Waals surface area contributed by atoms with Crippen LogP contribution in [0.15, 0.2) is 36.8 Å². The number of hydrogen-bond donors (Lipinski definition) is 1. The summed E-state index contributed by atoms with van der Waals surface area (Å²) in [6.45, 7) is 0. The molecule has 1 N–H and O–H groups in total. The minimum Gasteiger partial charge on any atom is -0.337 e. The van der Waals surface area contributed by atoms with E-state index in [1.807, 2.05) is 36.3 Å². The molecule has 6 nitrogen and oxygen atoms in total. The first-order valence-corrected chi connectivity index (χ1v) is 8.20. The molecular weight excluding hydrogens is 290 g/mol. The van der Waals surface area contributed by atoms with Gasteiger partial charge in [0, 0.05) is 43.8 Å². The van der Waals surface area contributed by atoms with Crippen LogP contribution in [0.3, 0.4) is 0 Å². The molecule has 2 saturated heterocycles. The normalized spacial score (nSPS) is 26.2. The standard InChI is InChI=1S/C17H21N5O/c1-21(15-9-12-3-4-13(10-15)20-12)17(23)16-11-14(5-7-18-16)22-8-2-6-19-22/h2,5-8,11-13,15,20H,3-4,9-10H2,1H3. The van der Waals surface area contributed by atoms with E-state index in [4.69, 9.17) is 0 Å². The number of carbonyl (C=O) groups excluding carboxylic acids is 1. The Bertz CT molecular complexity index is 687. The van der Waals surface area contributed by atoms with Crippen molar-refractivity contribution in [3.63, 3.8) is 0 Å². The van der Waals surface area contributed by atoms with Gasteiger partial charge in [-0.1, -0.05) is 0 Å². The topological polar surface area (TPSA) is 63.1 Å². The lowest BCUT2D eigenvalue weighted by Crippen LogP contribution is -2.48. The third-order valence-corrected chi connectivity index (χ3v) is 5.05. The van der Waals surface area contributed by atoms with E-state index in [2.05, 4.69) is 15.4 Å². The second-order valence-corrected chi connectivity index (χ2v) is 6.53. The Kier molecular flexibility index (Phi) is 3.61. The molecule has 2 unspecified atom stereocenters. The number of nitrogens with zero attached hydrogens (tertiary/aromatic N) is 4. The molecule has 2 fully saturated rings. The lowest BCUT2D eigenvalue weighted by molar-refractivity contribution is 0.0675. The second kappa shape index (κ2) is 5.77. The summed E-state index contributed by atoms with van der Waals surface area (Å²) < 4.78 is 1.74. The van der Waals surface area contributed by atoms with Gasteiger partial charge in [-0.05, 0) is 43.9 Å². The van der Waals surface area contributed by atoms with E-state index < -0.39 is 0 Å². The lowest BCUT2D eigenvalue weighted by Gasteiger charge is -2.35. The highest BCUT2D eigenvalue weighted by molar-refractivity contribution is 5.92. The third kappa shape index (κ3) is 2.74. The van der Waals surface area contributed by atoms with Crippen LogP contribution in [-0.2, 0) is 0 Å². The SMILES string of the molecule is CN(C(=O)c1cc(-n2cccn2)ccn1)C1CC2CCC(C1)N2. The van der Waals surface area contributed by atoms with Crippen LogP contribution in [0.1, 0.15) is 36.2 Å². The van der Waals surface area contributed by atoms with E-state index in [0.29, 0.717) is 23.8 Å². The Labute approximate surface area is 135 Å². The molecule has 2 aliphatic heterocycles. The van der Waals surface area contributed by atoms with Gasteiger partial charge >= 0.3 is 0 Å². The smallest absolute Gasteiger partial charge is 0.272 e. The Morgan fingerprint density at radius 3 is 2.78 bits per heavy atom. The number of pyridine rings is 1. The summed E-state index contributed by atoms with van der Waals surface area (Å²) >= 11 is 0. The number of fused-ring (bicyclic) bond motifs is 2. The number of piperidine rings is 1. The lowest BCUT2D eigenvalue weighted by atomic mass is 9.98. The van der Waals surface area contributed by atoms with Crippen LogP contribution in [0.2, 0.25) is 0 Å². The first kappa shape index (κ1) is 14.4. The fourth-order valence-corrected chi connectivity index (χ4v) is 3.79. The van der Waals surface area contributed by atoms with Gasteiger partial charge in [-0.25, -0.2) is 4.68 Å². The molecule has 2 aliphatic rings. The first-order chi connectivity index (χ1) is 11.2. The van der Waals surface area contributed by atoms with E-state index in [9.17, 15) is 4.79 Å². The number of carbonyl (C=O) groups is 1. The van der Waals surface area contributed by atoms with E-state index in [0.717, 1.165) is 18.5 Å². The van der Waals surface area contributed by atoms with Crippen LogP contribution < -0.4 is 5.32 Å². The molecule has 120 valence electrons. The minimum absolute atomic E-state index is 0.00898. The molecule has 4 heterocycles. The van der Waals surface area contributed by atoms with Crippen LogP contribution in [0, 0.1) is 0 Å². The van der Waals surface area contributed by atoms with Gasteiger partial charge in [0.2, 0.25) is 0 Å². The van der Waals surface area contributed by atoms with Crippen LogP contribution >= 0.6 is 0 Å². The number of aromatic nitrogens is 3. The van der Waals surface area contributed by atoms with Crippen molar-refractivity contribution in [2.75, 3.05) is 7.05 Å². The fraction of sp³-hybridized carbons (Fsp3) is 0.471. The predicted octanol–water partition coefficient (Wildman–Crippen LogP) is 1.62. The molecule has 2 aromatic rings. The number of hydrogen-bond acceptors (Lipinski definition) is 4. The fourth-order valence-electron chi connectivity index (χ4n) is 3.79. The molecule has 0 spiro atoms. The summed E-state index contributed by atoms with van der Waals surface area (Å²) in [5.41, 5.74) is 1.33. The van der Waals surface area contributed by atoms with Gasteiger partial charge in [-0.2, -0.15) is 5.10 Å². The monoisotopic (exact) mass is 311 g/mol. The van der Waals surface area contributed by atoms with Crippen LogP contribution in [0.4, 0.5) is 0 Å². The average Bonchev–Trinajstić information content (AvgIpc) is 3.23. The van der Waals surface area contributed by atoms with Crippen molar-refractivity contribution in [1.82, 2.24) is 25.0 Å². The Balaban J connectivity index is 1.53. The summed E-state index contributed by atoms with van der Waals surface area (Å²) in [6.07, 6.45) is 9.79. The largest absolute Gasteiger partial charge is 0.337 e. The van der Waals surface area contributed by atoms with Crippen molar-refractivity contribution in [2.24, 2.45) is 0 Å². The van der Waals surface area contributed by atoms with E-state index in [1.54, 1.807) is 17.1 Å². The summed E-state index contributed by atoms with van der Waals surface area (Å²) in [6, 6.07) is 6.96. The predicted molar refractivity (Wildman–Crippen MR) is 86.4 cm³/mol. The van der Waals surface area contributed by atoms with E-state index >= 15 is 0 Å². The molecule has 2 bridgehead atoms. The van der Waals surface area contributed by atoms with Crippen molar-refractivity contribution >= 4 is 5.91 Å². The van der Waals surface area contributed by atoms with Gasteiger partial charge in [0.05, 0.1) is 5.69 Å². The Hall–Kier alpha value is -2.21. The molecule has 23 heavy (non-hydrogen) atoms. The van der Waals surface area contributed by atoms with Crippen molar-refractivity contribution in [3.8, 4) is 5.69 Å². The zero-order valence-electron chi connectivity index (χ0n) is 13.2. The molecule has 0 saturated carbocycles. The number of rotatable bonds is 3. The van der Waals surface area contributed by atoms with E-state index in [-0.39, 0.29) is 5.91 Å². The minimum atomic E-state index is -0.00898. The summed E-state index contributed by atoms with van der Waals surface area (Å²) in [5, 5.41) is 7.82. The summed E-state index contributed by atoms with van der Waals surface area (Å²) in [7, 11) is 1.90. The highest BCUT2D eigenvalue weighted by atomic mass is 16.2. The molecule has 6 heteroatoms. The van der Waals surface area contributed by atoms with Crippen molar-refractivity contribution in [2.45, 2.75) is 43.8 Å². The summed E-state index contributed by atoms with van der Waals surface area (Å²) in [5.74, 6) is -0.00898. The molecule has 0 radical (unpaired) electrons. The molecule has 1 amide bonds. The number of nitrogens with one attached hydrogen (secondary N) is 1. The van der Waals surface area contributed by atoms with Gasteiger partial charge in [0.1, 0.15) is 5.69 Å². The van der Waals surface area contributed by atoms with Crippen LogP contribution in [0.25, 0.3) is 5.69 Å². The van der Waals surface area contributed by atoms with Gasteiger partial charge in [0.25, 0.3) is 5.91 Å². The quantitative estimate of drug-likeness (QED) is 0.935. The van der Waals surface area contributed by atoms with Gasteiger partial charge in [0.15, 0.2) is 0 Å². The zero-order valence-corrected chi connectivity index (χ0v) is 13.2. The van der Waals surface area contributed by atoms with Gasteiger partial charge < -0.3 is 10.2 Å². The van der Waals surface area contributed by atoms with Crippen molar-refractivity contribution < 1.29 is 4.79 Å². The second-order valence-electron chi connectivity index (χ2n) is 6.53. The zero-order chi connectivity index (χ0) is 15.8. The maximum absolute atomic E-state index is 12.8. The molecule has 0 aromatic carbocycles. The van der Waals surface area contributed by atoms with Crippen LogP contribution in [0.5, 0.6) is 0 Å². The van der Waals surface area contributed by atoms with Gasteiger partial charge in [-0.3, -0.25) is 9.78 Å². The van der Waals surface area contributed by atoms with Crippen molar-refractivity contribution in [3.05, 3.63) is 42.5 Å². The van der Waals surface area contributed by atoms with Gasteiger partial charge in [-0.15, -0.1) is 0 Å². The average molecular weight is 311 g/mol.